The molecule has 186 valence electrons. The molecule has 5 rings (SSSR count). The van der Waals surface area contributed by atoms with Crippen molar-refractivity contribution in [1.29, 1.82) is 0 Å². The third-order valence-corrected chi connectivity index (χ3v) is 6.74. The maximum Gasteiger partial charge on any atom is 0.277 e. The monoisotopic (exact) mass is 491 g/mol. The average molecular weight is 492 g/mol. The van der Waals surface area contributed by atoms with Crippen molar-refractivity contribution in [2.45, 2.75) is 32.6 Å². The van der Waals surface area contributed by atoms with Crippen molar-refractivity contribution in [2.75, 3.05) is 30.0 Å². The van der Waals surface area contributed by atoms with Gasteiger partial charge in [-0.25, -0.2) is 9.07 Å². The standard InChI is InChI=1S/C26H26FN5O4/c1-15-6-5-7-18(27)23(15)32-24-17(22(29-32)25(28)34)11-13-31(26(24)35)19-10-9-16(14-20(19)36-2)30-12-4-3-8-21(30)33/h5-7,9-10,14H,3-4,8,11-13H2,1-2H3,(H2,28,34). The fourth-order valence-corrected chi connectivity index (χ4v) is 4.98. The number of carbonyl (C=O) groups is 3. The molecule has 1 aromatic heterocycles. The molecule has 36 heavy (non-hydrogen) atoms. The Bertz CT molecular complexity index is 1380. The van der Waals surface area contributed by atoms with Crippen molar-refractivity contribution >= 4 is 29.1 Å². The van der Waals surface area contributed by atoms with Crippen molar-refractivity contribution < 1.29 is 23.5 Å². The summed E-state index contributed by atoms with van der Waals surface area (Å²) in [6, 6.07) is 9.81. The molecule has 3 aromatic rings. The number of hydrogen-bond donors (Lipinski definition) is 1. The Morgan fingerprint density at radius 3 is 2.58 bits per heavy atom. The minimum Gasteiger partial charge on any atom is -0.494 e. The molecule has 0 radical (unpaired) electrons. The second-order valence-electron chi connectivity index (χ2n) is 8.92. The molecular formula is C26H26FN5O4. The predicted octanol–water partition coefficient (Wildman–Crippen LogP) is 3.15. The van der Waals surface area contributed by atoms with E-state index < -0.39 is 17.6 Å². The van der Waals surface area contributed by atoms with Crippen LogP contribution in [0.3, 0.4) is 0 Å². The highest BCUT2D eigenvalue weighted by atomic mass is 19.1. The number of anilines is 2. The highest BCUT2D eigenvalue weighted by Crippen LogP contribution is 2.37. The number of piperidine rings is 1. The Morgan fingerprint density at radius 2 is 1.89 bits per heavy atom. The van der Waals surface area contributed by atoms with Crippen LogP contribution in [0, 0.1) is 12.7 Å². The molecule has 1 saturated heterocycles. The summed E-state index contributed by atoms with van der Waals surface area (Å²) in [5.74, 6) is -1.34. The van der Waals surface area contributed by atoms with Gasteiger partial charge in [0.25, 0.3) is 11.8 Å². The number of ether oxygens (including phenoxy) is 1. The molecule has 10 heteroatoms. The van der Waals surface area contributed by atoms with E-state index in [1.807, 2.05) is 0 Å². The number of aromatic nitrogens is 2. The maximum atomic E-state index is 14.9. The first kappa shape index (κ1) is 23.5. The van der Waals surface area contributed by atoms with Crippen LogP contribution >= 0.6 is 0 Å². The summed E-state index contributed by atoms with van der Waals surface area (Å²) in [5.41, 5.74) is 7.82. The zero-order valence-corrected chi connectivity index (χ0v) is 20.1. The molecule has 0 spiro atoms. The second-order valence-corrected chi connectivity index (χ2v) is 8.92. The number of hydrogen-bond acceptors (Lipinski definition) is 5. The molecule has 3 amide bonds. The van der Waals surface area contributed by atoms with Gasteiger partial charge < -0.3 is 20.3 Å². The lowest BCUT2D eigenvalue weighted by Gasteiger charge is -2.31. The minimum atomic E-state index is -0.784. The van der Waals surface area contributed by atoms with Crippen LogP contribution in [0.2, 0.25) is 0 Å². The van der Waals surface area contributed by atoms with Crippen LogP contribution < -0.4 is 20.3 Å². The number of nitrogens with zero attached hydrogens (tertiary/aromatic N) is 4. The van der Waals surface area contributed by atoms with Crippen LogP contribution in [0.4, 0.5) is 15.8 Å². The lowest BCUT2D eigenvalue weighted by molar-refractivity contribution is -0.119. The molecule has 0 atom stereocenters. The average Bonchev–Trinajstić information content (AvgIpc) is 3.25. The molecule has 2 aromatic carbocycles. The van der Waals surface area contributed by atoms with Gasteiger partial charge in [0.15, 0.2) is 5.69 Å². The van der Waals surface area contributed by atoms with Gasteiger partial charge in [-0.3, -0.25) is 14.4 Å². The number of halogens is 1. The van der Waals surface area contributed by atoms with E-state index in [-0.39, 0.29) is 29.5 Å². The summed E-state index contributed by atoms with van der Waals surface area (Å²) in [7, 11) is 1.50. The van der Waals surface area contributed by atoms with Crippen molar-refractivity contribution in [1.82, 2.24) is 9.78 Å². The normalized spacial score (nSPS) is 15.8. The lowest BCUT2D eigenvalue weighted by Crippen LogP contribution is -2.39. The summed E-state index contributed by atoms with van der Waals surface area (Å²) in [4.78, 5) is 41.6. The van der Waals surface area contributed by atoms with Crippen LogP contribution in [-0.4, -0.2) is 47.7 Å². The fraction of sp³-hybridized carbons (Fsp3) is 0.308. The smallest absolute Gasteiger partial charge is 0.277 e. The molecule has 0 saturated carbocycles. The molecule has 2 N–H and O–H groups in total. The first-order chi connectivity index (χ1) is 17.3. The third kappa shape index (κ3) is 3.78. The van der Waals surface area contributed by atoms with Crippen LogP contribution in [-0.2, 0) is 11.2 Å². The van der Waals surface area contributed by atoms with Gasteiger partial charge in [0.05, 0.1) is 12.8 Å². The molecule has 3 heterocycles. The minimum absolute atomic E-state index is 0.0495. The topological polar surface area (TPSA) is 111 Å². The Hall–Kier alpha value is -4.21. The van der Waals surface area contributed by atoms with E-state index >= 15 is 0 Å². The van der Waals surface area contributed by atoms with E-state index in [0.29, 0.717) is 47.6 Å². The molecule has 0 aliphatic carbocycles. The van der Waals surface area contributed by atoms with Gasteiger partial charge in [0.1, 0.15) is 22.9 Å². The van der Waals surface area contributed by atoms with Crippen LogP contribution in [0.1, 0.15) is 51.4 Å². The number of benzene rings is 2. The molecule has 1 fully saturated rings. The Morgan fingerprint density at radius 1 is 1.08 bits per heavy atom. The first-order valence-electron chi connectivity index (χ1n) is 11.8. The van der Waals surface area contributed by atoms with Crippen LogP contribution in [0.25, 0.3) is 5.69 Å². The molecule has 0 unspecified atom stereocenters. The number of nitrogens with two attached hydrogens (primary N) is 1. The zero-order valence-electron chi connectivity index (χ0n) is 20.1. The highest BCUT2D eigenvalue weighted by Gasteiger charge is 2.36. The number of carbonyl (C=O) groups excluding carboxylic acids is 3. The van der Waals surface area contributed by atoms with Gasteiger partial charge in [-0.2, -0.15) is 5.10 Å². The number of aryl methyl sites for hydroxylation is 1. The molecule has 2 aliphatic rings. The van der Waals surface area contributed by atoms with Gasteiger partial charge in [-0.15, -0.1) is 0 Å². The first-order valence-corrected chi connectivity index (χ1v) is 11.8. The van der Waals surface area contributed by atoms with Gasteiger partial charge in [-0.1, -0.05) is 12.1 Å². The predicted molar refractivity (Wildman–Crippen MR) is 131 cm³/mol. The number of rotatable bonds is 5. The summed E-state index contributed by atoms with van der Waals surface area (Å²) >= 11 is 0. The van der Waals surface area contributed by atoms with Gasteiger partial charge in [0, 0.05) is 36.8 Å². The number of amides is 3. The van der Waals surface area contributed by atoms with Crippen molar-refractivity contribution in [2.24, 2.45) is 5.73 Å². The van der Waals surface area contributed by atoms with E-state index in [1.165, 1.54) is 22.8 Å². The van der Waals surface area contributed by atoms with Gasteiger partial charge >= 0.3 is 0 Å². The third-order valence-electron chi connectivity index (χ3n) is 6.74. The van der Waals surface area contributed by atoms with Crippen molar-refractivity contribution in [3.05, 3.63) is 64.7 Å². The van der Waals surface area contributed by atoms with E-state index in [9.17, 15) is 18.8 Å². The highest BCUT2D eigenvalue weighted by molar-refractivity contribution is 6.10. The Balaban J connectivity index is 1.59. The number of primary amides is 1. The van der Waals surface area contributed by atoms with E-state index in [1.54, 1.807) is 42.2 Å². The summed E-state index contributed by atoms with van der Waals surface area (Å²) in [6.07, 6.45) is 2.59. The molecule has 0 bridgehead atoms. The SMILES string of the molecule is COc1cc(N2CCCCC2=O)ccc1N1CCc2c(C(N)=O)nn(-c3c(C)cccc3F)c2C1=O. The summed E-state index contributed by atoms with van der Waals surface area (Å²) < 4.78 is 21.7. The van der Waals surface area contributed by atoms with Gasteiger partial charge in [-0.05, 0) is 49.9 Å². The second kappa shape index (κ2) is 9.10. The lowest BCUT2D eigenvalue weighted by atomic mass is 10.0. The molecule has 9 nitrogen and oxygen atoms in total. The molecule has 2 aliphatic heterocycles. The number of para-hydroxylation sites is 1. The van der Waals surface area contributed by atoms with E-state index in [4.69, 9.17) is 10.5 Å². The van der Waals surface area contributed by atoms with Crippen molar-refractivity contribution in [3.8, 4) is 11.4 Å². The van der Waals surface area contributed by atoms with Crippen LogP contribution in [0.5, 0.6) is 5.75 Å². The Labute approximate surface area is 207 Å². The zero-order chi connectivity index (χ0) is 25.6. The Kier molecular flexibility index (Phi) is 5.95. The maximum absolute atomic E-state index is 14.9. The van der Waals surface area contributed by atoms with E-state index in [2.05, 4.69) is 5.10 Å². The molecular weight excluding hydrogens is 465 g/mol. The van der Waals surface area contributed by atoms with Gasteiger partial charge in [0.2, 0.25) is 5.91 Å². The summed E-state index contributed by atoms with van der Waals surface area (Å²) in [6.45, 7) is 2.57. The van der Waals surface area contributed by atoms with E-state index in [0.717, 1.165) is 12.8 Å². The number of methoxy groups -OCH3 is 1. The fourth-order valence-electron chi connectivity index (χ4n) is 4.98. The largest absolute Gasteiger partial charge is 0.494 e. The van der Waals surface area contributed by atoms with Crippen LogP contribution in [0.15, 0.2) is 36.4 Å². The summed E-state index contributed by atoms with van der Waals surface area (Å²) in [5, 5.41) is 4.27. The van der Waals surface area contributed by atoms with Crippen molar-refractivity contribution in [3.63, 3.8) is 0 Å². The quantitative estimate of drug-likeness (QED) is 0.590. The number of fused-ring (bicyclic) bond motifs is 1.